The van der Waals surface area contributed by atoms with E-state index in [1.807, 2.05) is 44.2 Å². The van der Waals surface area contributed by atoms with Gasteiger partial charge in [0.1, 0.15) is 0 Å². The van der Waals surface area contributed by atoms with Gasteiger partial charge in [-0.3, -0.25) is 19.3 Å². The van der Waals surface area contributed by atoms with Gasteiger partial charge in [0.25, 0.3) is 5.91 Å². The standard InChI is InChI=1S/C32H29BrN2O5/c1-17-12-26(18(2)11-25(17)33)34-27(36)16-40-32(39)20-9-6-10-22(13-20)35-30(37)28-21-14-23(19-7-4-3-5-8-19)24(15-21)29(28)31(35)38/h3-13,21,23-24,28-29H,14-16H2,1-2H3,(H,34,36)/t21-,23+,24+,28+,29+/m0/s1. The van der Waals surface area contributed by atoms with Gasteiger partial charge in [-0.25, -0.2) is 4.79 Å². The van der Waals surface area contributed by atoms with Gasteiger partial charge in [0, 0.05) is 10.2 Å². The number of amides is 3. The fourth-order valence-corrected chi connectivity index (χ4v) is 7.34. The summed E-state index contributed by atoms with van der Waals surface area (Å²) in [6, 6.07) is 20.3. The molecule has 3 fully saturated rings. The molecule has 204 valence electrons. The van der Waals surface area contributed by atoms with Gasteiger partial charge in [0.15, 0.2) is 6.61 Å². The van der Waals surface area contributed by atoms with Crippen LogP contribution in [0.15, 0.2) is 71.2 Å². The van der Waals surface area contributed by atoms with Crippen LogP contribution in [0.5, 0.6) is 0 Å². The summed E-state index contributed by atoms with van der Waals surface area (Å²) in [5.41, 5.74) is 4.24. The van der Waals surface area contributed by atoms with Gasteiger partial charge >= 0.3 is 5.97 Å². The first-order valence-corrected chi connectivity index (χ1v) is 14.3. The van der Waals surface area contributed by atoms with E-state index in [9.17, 15) is 19.2 Å². The molecule has 0 aromatic heterocycles. The number of hydrogen-bond donors (Lipinski definition) is 1. The highest BCUT2D eigenvalue weighted by Gasteiger charge is 2.64. The lowest BCUT2D eigenvalue weighted by molar-refractivity contribution is -0.123. The molecule has 2 bridgehead atoms. The maximum absolute atomic E-state index is 13.6. The normalized spacial score (nSPS) is 24.8. The highest BCUT2D eigenvalue weighted by Crippen LogP contribution is 2.61. The van der Waals surface area contributed by atoms with Crippen LogP contribution in [-0.2, 0) is 19.1 Å². The van der Waals surface area contributed by atoms with Gasteiger partial charge in [0.05, 0.1) is 23.1 Å². The van der Waals surface area contributed by atoms with E-state index in [0.29, 0.717) is 11.4 Å². The second-order valence-corrected chi connectivity index (χ2v) is 11.9. The summed E-state index contributed by atoms with van der Waals surface area (Å²) < 4.78 is 6.20. The molecule has 0 radical (unpaired) electrons. The van der Waals surface area contributed by atoms with Crippen molar-refractivity contribution in [3.05, 3.63) is 93.5 Å². The molecule has 3 amide bonds. The zero-order valence-corrected chi connectivity index (χ0v) is 23.8. The van der Waals surface area contributed by atoms with Crippen LogP contribution >= 0.6 is 15.9 Å². The topological polar surface area (TPSA) is 92.8 Å². The summed E-state index contributed by atoms with van der Waals surface area (Å²) >= 11 is 3.47. The van der Waals surface area contributed by atoms with Crippen molar-refractivity contribution < 1.29 is 23.9 Å². The molecule has 3 aliphatic rings. The highest BCUT2D eigenvalue weighted by atomic mass is 79.9. The van der Waals surface area contributed by atoms with Gasteiger partial charge in [-0.05, 0) is 91.5 Å². The maximum atomic E-state index is 13.6. The van der Waals surface area contributed by atoms with E-state index in [4.69, 9.17) is 4.74 Å². The first-order chi connectivity index (χ1) is 19.2. The Morgan fingerprint density at radius 1 is 0.925 bits per heavy atom. The van der Waals surface area contributed by atoms with Crippen molar-refractivity contribution in [3.8, 4) is 0 Å². The van der Waals surface area contributed by atoms with Gasteiger partial charge < -0.3 is 10.1 Å². The predicted molar refractivity (Wildman–Crippen MR) is 154 cm³/mol. The molecule has 2 saturated carbocycles. The van der Waals surface area contributed by atoms with Gasteiger partial charge in [-0.2, -0.15) is 0 Å². The van der Waals surface area contributed by atoms with Crippen molar-refractivity contribution in [2.24, 2.45) is 23.7 Å². The lowest BCUT2D eigenvalue weighted by atomic mass is 9.73. The van der Waals surface area contributed by atoms with Crippen LogP contribution in [0.1, 0.15) is 45.8 Å². The summed E-state index contributed by atoms with van der Waals surface area (Å²) in [6.07, 6.45) is 1.81. The molecular weight excluding hydrogens is 572 g/mol. The molecule has 8 heteroatoms. The van der Waals surface area contributed by atoms with Crippen molar-refractivity contribution >= 4 is 51.0 Å². The highest BCUT2D eigenvalue weighted by molar-refractivity contribution is 9.10. The molecule has 3 aromatic rings. The lowest BCUT2D eigenvalue weighted by Crippen LogP contribution is -2.33. The van der Waals surface area contributed by atoms with Crippen molar-refractivity contribution in [2.45, 2.75) is 32.6 Å². The molecule has 1 N–H and O–H groups in total. The summed E-state index contributed by atoms with van der Waals surface area (Å²) in [5, 5.41) is 2.77. The van der Waals surface area contributed by atoms with E-state index in [0.717, 1.165) is 28.4 Å². The molecule has 3 aromatic carbocycles. The molecule has 5 atom stereocenters. The Morgan fingerprint density at radius 3 is 2.45 bits per heavy atom. The Labute approximate surface area is 241 Å². The fourth-order valence-electron chi connectivity index (χ4n) is 6.89. The first-order valence-electron chi connectivity index (χ1n) is 13.5. The van der Waals surface area contributed by atoms with E-state index in [1.54, 1.807) is 18.2 Å². The van der Waals surface area contributed by atoms with Crippen LogP contribution < -0.4 is 10.2 Å². The molecule has 0 spiro atoms. The number of rotatable bonds is 6. The molecule has 2 aliphatic carbocycles. The van der Waals surface area contributed by atoms with Crippen LogP contribution in [0.2, 0.25) is 0 Å². The number of halogens is 1. The number of anilines is 2. The number of nitrogens with one attached hydrogen (secondary N) is 1. The molecule has 0 unspecified atom stereocenters. The van der Waals surface area contributed by atoms with Gasteiger partial charge in [-0.1, -0.05) is 52.3 Å². The molecular formula is C32H29BrN2O5. The largest absolute Gasteiger partial charge is 0.452 e. The van der Waals surface area contributed by atoms with E-state index in [1.165, 1.54) is 16.5 Å². The smallest absolute Gasteiger partial charge is 0.338 e. The average molecular weight is 601 g/mol. The summed E-state index contributed by atoms with van der Waals surface area (Å²) in [5.74, 6) is -1.56. The third kappa shape index (κ3) is 4.54. The Balaban J connectivity index is 1.13. The number of benzene rings is 3. The lowest BCUT2D eigenvalue weighted by Gasteiger charge is -2.28. The van der Waals surface area contributed by atoms with E-state index >= 15 is 0 Å². The molecule has 1 saturated heterocycles. The fraction of sp³-hybridized carbons (Fsp3) is 0.312. The monoisotopic (exact) mass is 600 g/mol. The predicted octanol–water partition coefficient (Wildman–Crippen LogP) is 5.79. The van der Waals surface area contributed by atoms with Crippen molar-refractivity contribution in [1.82, 2.24) is 0 Å². The van der Waals surface area contributed by atoms with E-state index in [2.05, 4.69) is 33.4 Å². The van der Waals surface area contributed by atoms with Gasteiger partial charge in [-0.15, -0.1) is 0 Å². The number of carbonyl (C=O) groups is 4. The average Bonchev–Trinajstić information content (AvgIpc) is 3.62. The molecule has 40 heavy (non-hydrogen) atoms. The number of ether oxygens (including phenoxy) is 1. The quantitative estimate of drug-likeness (QED) is 0.285. The van der Waals surface area contributed by atoms with E-state index < -0.39 is 18.5 Å². The Kier molecular flexibility index (Phi) is 6.82. The van der Waals surface area contributed by atoms with E-state index in [-0.39, 0.29) is 47.0 Å². The molecule has 1 aliphatic heterocycles. The van der Waals surface area contributed by atoms with Gasteiger partial charge in [0.2, 0.25) is 11.8 Å². The minimum atomic E-state index is -0.704. The second kappa shape index (κ2) is 10.3. The Bertz CT molecular complexity index is 1540. The number of hydrogen-bond acceptors (Lipinski definition) is 5. The third-order valence-electron chi connectivity index (χ3n) is 8.70. The van der Waals surface area contributed by atoms with Crippen LogP contribution in [0.4, 0.5) is 11.4 Å². The third-order valence-corrected chi connectivity index (χ3v) is 9.55. The number of esters is 1. The molecule has 1 heterocycles. The first kappa shape index (κ1) is 26.4. The summed E-state index contributed by atoms with van der Waals surface area (Å²) in [4.78, 5) is 53.7. The number of carbonyl (C=O) groups excluding carboxylic acids is 4. The summed E-state index contributed by atoms with van der Waals surface area (Å²) in [7, 11) is 0. The number of fused-ring (bicyclic) bond motifs is 5. The molecule has 6 rings (SSSR count). The van der Waals surface area contributed by atoms with Crippen molar-refractivity contribution in [2.75, 3.05) is 16.8 Å². The Morgan fingerprint density at radius 2 is 1.68 bits per heavy atom. The van der Waals surface area contributed by atoms with Crippen LogP contribution in [0, 0.1) is 37.5 Å². The number of nitrogens with zero attached hydrogens (tertiary/aromatic N) is 1. The van der Waals surface area contributed by atoms with Crippen LogP contribution in [-0.4, -0.2) is 30.3 Å². The zero-order valence-electron chi connectivity index (χ0n) is 22.2. The zero-order chi connectivity index (χ0) is 28.1. The Hall–Kier alpha value is -3.78. The van der Waals surface area contributed by atoms with Crippen LogP contribution in [0.3, 0.4) is 0 Å². The number of imide groups is 1. The molecule has 7 nitrogen and oxygen atoms in total. The van der Waals surface area contributed by atoms with Crippen molar-refractivity contribution in [3.63, 3.8) is 0 Å². The minimum absolute atomic E-state index is 0.142. The maximum Gasteiger partial charge on any atom is 0.338 e. The second-order valence-electron chi connectivity index (χ2n) is 11.1. The minimum Gasteiger partial charge on any atom is -0.452 e. The summed E-state index contributed by atoms with van der Waals surface area (Å²) in [6.45, 7) is 3.33. The van der Waals surface area contributed by atoms with Crippen LogP contribution in [0.25, 0.3) is 0 Å². The van der Waals surface area contributed by atoms with Crippen molar-refractivity contribution in [1.29, 1.82) is 0 Å². The number of aryl methyl sites for hydroxylation is 2. The SMILES string of the molecule is Cc1cc(NC(=O)COC(=O)c2cccc(N3C(=O)[C@@H]4[C@@H]5C[C@@H]([C@H]4C3=O)[C@@H](c3ccccc3)C5)c2)c(C)cc1Br.